The van der Waals surface area contributed by atoms with Crippen molar-refractivity contribution in [2.45, 2.75) is 6.42 Å². The molecule has 1 aromatic rings. The lowest BCUT2D eigenvalue weighted by Gasteiger charge is -2.19. The summed E-state index contributed by atoms with van der Waals surface area (Å²) in [6.07, 6.45) is 3.95. The molecular weight excluding hydrogens is 295 g/mol. The Labute approximate surface area is 135 Å². The van der Waals surface area contributed by atoms with Crippen molar-refractivity contribution in [3.05, 3.63) is 48.2 Å². The predicted octanol–water partition coefficient (Wildman–Crippen LogP) is 2.52. The minimum atomic E-state index is -0.910. The van der Waals surface area contributed by atoms with Gasteiger partial charge in [-0.3, -0.25) is 4.79 Å². The van der Waals surface area contributed by atoms with E-state index in [-0.39, 0.29) is 11.4 Å². The molecule has 120 valence electrons. The maximum atomic E-state index is 13.8. The number of nitrogens with zero attached hydrogens (tertiary/aromatic N) is 4. The molecule has 1 fully saturated rings. The number of halogens is 1. The van der Waals surface area contributed by atoms with E-state index < -0.39 is 11.6 Å². The molecule has 0 saturated carbocycles. The second-order valence-electron chi connectivity index (χ2n) is 5.68. The van der Waals surface area contributed by atoms with Gasteiger partial charge in [0.05, 0.1) is 5.69 Å². The minimum absolute atomic E-state index is 0.0691. The number of carbonyl (C=O) groups is 1. The van der Waals surface area contributed by atoms with Gasteiger partial charge in [0.15, 0.2) is 11.5 Å². The molecule has 0 amide bonds. The number of allylic oxidation sites excluding steroid dienone is 1. The SMILES string of the molecule is C=CC1CCN(c2ccc(C(=O)C(F)=CN(C)C)nc2C#N)C1. The minimum Gasteiger partial charge on any atom is -0.381 e. The van der Waals surface area contributed by atoms with E-state index in [0.717, 1.165) is 25.7 Å². The number of nitriles is 1. The Morgan fingerprint density at radius 1 is 1.57 bits per heavy atom. The van der Waals surface area contributed by atoms with Gasteiger partial charge in [-0.1, -0.05) is 6.08 Å². The maximum Gasteiger partial charge on any atom is 0.241 e. The van der Waals surface area contributed by atoms with Crippen molar-refractivity contribution in [3.8, 4) is 6.07 Å². The lowest BCUT2D eigenvalue weighted by Crippen LogP contribution is -2.21. The third kappa shape index (κ3) is 3.75. The zero-order valence-corrected chi connectivity index (χ0v) is 13.3. The molecule has 0 aromatic carbocycles. The average molecular weight is 314 g/mol. The topological polar surface area (TPSA) is 60.2 Å². The van der Waals surface area contributed by atoms with Crippen LogP contribution in [0.5, 0.6) is 0 Å². The van der Waals surface area contributed by atoms with Crippen LogP contribution >= 0.6 is 0 Å². The van der Waals surface area contributed by atoms with Crippen molar-refractivity contribution in [3.63, 3.8) is 0 Å². The van der Waals surface area contributed by atoms with Gasteiger partial charge in [-0.15, -0.1) is 6.58 Å². The first kappa shape index (κ1) is 16.7. The Kier molecular flexibility index (Phi) is 5.12. The van der Waals surface area contributed by atoms with E-state index in [2.05, 4.69) is 11.6 Å². The fourth-order valence-corrected chi connectivity index (χ4v) is 2.52. The third-order valence-corrected chi connectivity index (χ3v) is 3.70. The summed E-state index contributed by atoms with van der Waals surface area (Å²) in [5, 5.41) is 9.30. The molecule has 5 nitrogen and oxygen atoms in total. The van der Waals surface area contributed by atoms with Gasteiger partial charge in [-0.2, -0.15) is 5.26 Å². The zero-order valence-electron chi connectivity index (χ0n) is 13.3. The van der Waals surface area contributed by atoms with Crippen molar-refractivity contribution in [1.29, 1.82) is 5.26 Å². The van der Waals surface area contributed by atoms with Gasteiger partial charge < -0.3 is 9.80 Å². The smallest absolute Gasteiger partial charge is 0.241 e. The molecular formula is C17H19FN4O. The second kappa shape index (κ2) is 7.05. The summed E-state index contributed by atoms with van der Waals surface area (Å²) in [7, 11) is 3.24. The third-order valence-electron chi connectivity index (χ3n) is 3.70. The van der Waals surface area contributed by atoms with Gasteiger partial charge in [-0.05, 0) is 24.5 Å². The van der Waals surface area contributed by atoms with Gasteiger partial charge in [0, 0.05) is 33.4 Å². The van der Waals surface area contributed by atoms with Crippen LogP contribution in [-0.2, 0) is 0 Å². The summed E-state index contributed by atoms with van der Waals surface area (Å²) < 4.78 is 13.8. The first-order chi connectivity index (χ1) is 11.0. The van der Waals surface area contributed by atoms with Crippen molar-refractivity contribution in [2.24, 2.45) is 5.92 Å². The van der Waals surface area contributed by atoms with Crippen LogP contribution in [-0.4, -0.2) is 42.9 Å². The predicted molar refractivity (Wildman–Crippen MR) is 86.7 cm³/mol. The van der Waals surface area contributed by atoms with Crippen LogP contribution in [0.2, 0.25) is 0 Å². The molecule has 0 radical (unpaired) electrons. The monoisotopic (exact) mass is 314 g/mol. The molecule has 23 heavy (non-hydrogen) atoms. The number of Topliss-reactive ketones (excluding diaryl/α,β-unsaturated/α-hetero) is 1. The van der Waals surface area contributed by atoms with E-state index in [1.54, 1.807) is 20.2 Å². The average Bonchev–Trinajstić information content (AvgIpc) is 3.01. The van der Waals surface area contributed by atoms with Crippen molar-refractivity contribution in [2.75, 3.05) is 32.1 Å². The molecule has 1 atom stereocenters. The number of carbonyl (C=O) groups excluding carboxylic acids is 1. The van der Waals surface area contributed by atoms with E-state index >= 15 is 0 Å². The first-order valence-corrected chi connectivity index (χ1v) is 7.33. The fraction of sp³-hybridized carbons (Fsp3) is 0.353. The lowest BCUT2D eigenvalue weighted by molar-refractivity contribution is 0.0997. The number of pyridine rings is 1. The maximum absolute atomic E-state index is 13.8. The largest absolute Gasteiger partial charge is 0.381 e. The van der Waals surface area contributed by atoms with Crippen LogP contribution in [0.3, 0.4) is 0 Å². The highest BCUT2D eigenvalue weighted by Gasteiger charge is 2.24. The number of hydrogen-bond acceptors (Lipinski definition) is 5. The number of ketones is 1. The highest BCUT2D eigenvalue weighted by molar-refractivity contribution is 6.05. The molecule has 0 spiro atoms. The summed E-state index contributed by atoms with van der Waals surface area (Å²) in [4.78, 5) is 19.5. The summed E-state index contributed by atoms with van der Waals surface area (Å²) in [6, 6.07) is 5.12. The summed E-state index contributed by atoms with van der Waals surface area (Å²) in [6.45, 7) is 5.36. The Bertz CT molecular complexity index is 690. The van der Waals surface area contributed by atoms with Gasteiger partial charge in [0.1, 0.15) is 11.8 Å². The quantitative estimate of drug-likeness (QED) is 0.475. The lowest BCUT2D eigenvalue weighted by atomic mass is 10.1. The normalized spacial score (nSPS) is 17.7. The Morgan fingerprint density at radius 3 is 2.87 bits per heavy atom. The zero-order chi connectivity index (χ0) is 17.0. The van der Waals surface area contributed by atoms with Crippen molar-refractivity contribution >= 4 is 11.5 Å². The molecule has 2 rings (SSSR count). The van der Waals surface area contributed by atoms with Crippen molar-refractivity contribution < 1.29 is 9.18 Å². The number of hydrogen-bond donors (Lipinski definition) is 0. The first-order valence-electron chi connectivity index (χ1n) is 7.33. The molecule has 1 aromatic heterocycles. The Morgan fingerprint density at radius 2 is 2.30 bits per heavy atom. The summed E-state index contributed by atoms with van der Waals surface area (Å²) in [5.41, 5.74) is 0.740. The molecule has 0 bridgehead atoms. The number of aromatic nitrogens is 1. The summed E-state index contributed by atoms with van der Waals surface area (Å²) in [5.74, 6) is -1.36. The van der Waals surface area contributed by atoms with Crippen LogP contribution in [0.25, 0.3) is 0 Å². The van der Waals surface area contributed by atoms with Crippen molar-refractivity contribution in [1.82, 2.24) is 9.88 Å². The van der Waals surface area contributed by atoms with Gasteiger partial charge in [0.2, 0.25) is 5.78 Å². The Hall–Kier alpha value is -2.68. The molecule has 1 aliphatic rings. The van der Waals surface area contributed by atoms with E-state index in [9.17, 15) is 14.4 Å². The molecule has 2 heterocycles. The van der Waals surface area contributed by atoms with Gasteiger partial charge in [0.25, 0.3) is 0 Å². The molecule has 0 N–H and O–H groups in total. The van der Waals surface area contributed by atoms with Crippen LogP contribution in [0.1, 0.15) is 22.6 Å². The van der Waals surface area contributed by atoms with E-state index in [1.165, 1.54) is 11.0 Å². The van der Waals surface area contributed by atoms with Crippen LogP contribution < -0.4 is 4.90 Å². The molecule has 1 saturated heterocycles. The van der Waals surface area contributed by atoms with E-state index in [1.807, 2.05) is 17.0 Å². The second-order valence-corrected chi connectivity index (χ2v) is 5.68. The molecule has 0 aliphatic carbocycles. The number of rotatable bonds is 5. The van der Waals surface area contributed by atoms with Crippen LogP contribution in [0.15, 0.2) is 36.8 Å². The molecule has 1 aliphatic heterocycles. The Balaban J connectivity index is 2.29. The summed E-state index contributed by atoms with van der Waals surface area (Å²) >= 11 is 0. The fourth-order valence-electron chi connectivity index (χ4n) is 2.52. The highest BCUT2D eigenvalue weighted by atomic mass is 19.1. The van der Waals surface area contributed by atoms with Crippen LogP contribution in [0, 0.1) is 17.2 Å². The van der Waals surface area contributed by atoms with Gasteiger partial charge >= 0.3 is 0 Å². The van der Waals surface area contributed by atoms with Gasteiger partial charge in [-0.25, -0.2) is 9.37 Å². The highest BCUT2D eigenvalue weighted by Crippen LogP contribution is 2.27. The van der Waals surface area contributed by atoms with E-state index in [0.29, 0.717) is 11.6 Å². The van der Waals surface area contributed by atoms with Crippen LogP contribution in [0.4, 0.5) is 10.1 Å². The molecule has 1 unspecified atom stereocenters. The number of anilines is 1. The standard InChI is InChI=1S/C17H19FN4O/c1-4-12-7-8-22(10-12)16-6-5-14(20-15(16)9-19)17(23)13(18)11-21(2)3/h4-6,11-12H,1,7-8,10H2,2-3H3. The van der Waals surface area contributed by atoms with E-state index in [4.69, 9.17) is 0 Å². The molecule has 6 heteroatoms.